The molecule has 34 heavy (non-hydrogen) atoms. The Balaban J connectivity index is 1.53. The Labute approximate surface area is 202 Å². The zero-order valence-electron chi connectivity index (χ0n) is 18.9. The van der Waals surface area contributed by atoms with Crippen LogP contribution in [-0.2, 0) is 16.1 Å². The zero-order chi connectivity index (χ0) is 24.2. The molecule has 2 heterocycles. The average molecular weight is 482 g/mol. The molecule has 1 fully saturated rings. The van der Waals surface area contributed by atoms with Crippen molar-refractivity contribution in [1.82, 2.24) is 9.80 Å². The van der Waals surface area contributed by atoms with Gasteiger partial charge in [-0.15, -0.1) is 0 Å². The quantitative estimate of drug-likeness (QED) is 0.513. The second kappa shape index (κ2) is 10.0. The number of hydrogen-bond acceptors (Lipinski definition) is 5. The Morgan fingerprint density at radius 1 is 1.15 bits per heavy atom. The first-order chi connectivity index (χ1) is 16.4. The molecule has 9 heteroatoms. The monoisotopic (exact) mass is 481 g/mol. The van der Waals surface area contributed by atoms with Gasteiger partial charge in [0.05, 0.1) is 19.9 Å². The van der Waals surface area contributed by atoms with E-state index < -0.39 is 0 Å². The number of amides is 3. The van der Waals surface area contributed by atoms with Crippen molar-refractivity contribution < 1.29 is 23.5 Å². The number of methoxy groups -OCH3 is 1. The van der Waals surface area contributed by atoms with Gasteiger partial charge in [0.2, 0.25) is 11.8 Å². The van der Waals surface area contributed by atoms with Crippen LogP contribution in [0.15, 0.2) is 65.3 Å². The molecule has 176 valence electrons. The number of furan rings is 1. The molecule has 1 aromatic heterocycles. The van der Waals surface area contributed by atoms with Gasteiger partial charge in [-0.1, -0.05) is 23.7 Å². The Morgan fingerprint density at radius 2 is 1.94 bits per heavy atom. The molecule has 0 bridgehead atoms. The fraction of sp³-hybridized carbons (Fsp3) is 0.240. The highest BCUT2D eigenvalue weighted by atomic mass is 35.5. The van der Waals surface area contributed by atoms with Crippen molar-refractivity contribution >= 4 is 35.0 Å². The van der Waals surface area contributed by atoms with E-state index in [0.29, 0.717) is 27.8 Å². The summed E-state index contributed by atoms with van der Waals surface area (Å²) in [6, 6.07) is 15.5. The molecule has 0 unspecified atom stereocenters. The number of halogens is 1. The number of hydrogen-bond donors (Lipinski definition) is 0. The third kappa shape index (κ3) is 4.92. The molecule has 3 aromatic rings. The lowest BCUT2D eigenvalue weighted by atomic mass is 10.1. The van der Waals surface area contributed by atoms with Crippen molar-refractivity contribution in [2.75, 3.05) is 31.8 Å². The topological polar surface area (TPSA) is 83.3 Å². The van der Waals surface area contributed by atoms with Crippen LogP contribution in [0.2, 0.25) is 5.02 Å². The molecule has 2 aromatic carbocycles. The van der Waals surface area contributed by atoms with Gasteiger partial charge in [-0.3, -0.25) is 19.3 Å². The highest BCUT2D eigenvalue weighted by Crippen LogP contribution is 2.29. The maximum atomic E-state index is 13.3. The summed E-state index contributed by atoms with van der Waals surface area (Å²) in [5, 5.41) is 0.545. The van der Waals surface area contributed by atoms with Crippen LogP contribution in [0.4, 0.5) is 5.69 Å². The summed E-state index contributed by atoms with van der Waals surface area (Å²) in [6.45, 7) is 1.72. The second-order valence-corrected chi connectivity index (χ2v) is 8.32. The van der Waals surface area contributed by atoms with E-state index in [1.807, 2.05) is 6.92 Å². The molecule has 1 saturated heterocycles. The molecule has 0 spiro atoms. The number of benzene rings is 2. The van der Waals surface area contributed by atoms with Gasteiger partial charge in [-0.25, -0.2) is 0 Å². The molecule has 1 aliphatic heterocycles. The van der Waals surface area contributed by atoms with Crippen LogP contribution in [0.25, 0.3) is 0 Å². The third-order valence-electron chi connectivity index (χ3n) is 5.68. The van der Waals surface area contributed by atoms with E-state index in [0.717, 1.165) is 5.56 Å². The van der Waals surface area contributed by atoms with E-state index in [4.69, 9.17) is 20.8 Å². The van der Waals surface area contributed by atoms with Gasteiger partial charge in [0, 0.05) is 16.3 Å². The zero-order valence-corrected chi connectivity index (χ0v) is 19.6. The summed E-state index contributed by atoms with van der Waals surface area (Å²) in [6.07, 6.45) is 1.51. The lowest BCUT2D eigenvalue weighted by molar-refractivity contribution is -0.132. The molecular weight excluding hydrogens is 458 g/mol. The van der Waals surface area contributed by atoms with E-state index in [1.165, 1.54) is 28.1 Å². The van der Waals surface area contributed by atoms with Crippen LogP contribution in [0.1, 0.15) is 21.7 Å². The Bertz CT molecular complexity index is 1210. The molecular formula is C25H24ClN3O5. The van der Waals surface area contributed by atoms with Gasteiger partial charge < -0.3 is 19.0 Å². The maximum absolute atomic E-state index is 13.3. The van der Waals surface area contributed by atoms with Crippen LogP contribution in [0.5, 0.6) is 5.75 Å². The van der Waals surface area contributed by atoms with Crippen LogP contribution >= 0.6 is 11.6 Å². The molecule has 0 N–H and O–H groups in total. The van der Waals surface area contributed by atoms with Crippen LogP contribution in [0, 0.1) is 6.92 Å². The fourth-order valence-electron chi connectivity index (χ4n) is 3.81. The van der Waals surface area contributed by atoms with Gasteiger partial charge in [-0.2, -0.15) is 0 Å². The van der Waals surface area contributed by atoms with Crippen LogP contribution < -0.4 is 9.64 Å². The predicted molar refractivity (Wildman–Crippen MR) is 127 cm³/mol. The first-order valence-electron chi connectivity index (χ1n) is 10.7. The average Bonchev–Trinajstić information content (AvgIpc) is 3.49. The normalized spacial score (nSPS) is 13.3. The smallest absolute Gasteiger partial charge is 0.254 e. The van der Waals surface area contributed by atoms with Gasteiger partial charge in [0.25, 0.3) is 5.91 Å². The van der Waals surface area contributed by atoms with Crippen LogP contribution in [0.3, 0.4) is 0 Å². The molecule has 0 radical (unpaired) electrons. The largest absolute Gasteiger partial charge is 0.497 e. The Hall–Kier alpha value is -3.78. The lowest BCUT2D eigenvalue weighted by Gasteiger charge is -2.25. The van der Waals surface area contributed by atoms with Crippen molar-refractivity contribution in [3.63, 3.8) is 0 Å². The standard InChI is InChI=1S/C25H24ClN3O5/c1-17-21(26)9-4-10-22(17)29-16-28(15-24(29)31)23(30)14-27(13-20-8-5-11-34-20)25(32)18-6-3-7-19(12-18)33-2/h3-12H,13-16H2,1-2H3. The first-order valence-corrected chi connectivity index (χ1v) is 11.0. The van der Waals surface area contributed by atoms with Crippen molar-refractivity contribution in [3.8, 4) is 5.75 Å². The maximum Gasteiger partial charge on any atom is 0.254 e. The minimum atomic E-state index is -0.350. The minimum Gasteiger partial charge on any atom is -0.497 e. The number of anilines is 1. The minimum absolute atomic E-state index is 0.0767. The molecule has 4 rings (SSSR count). The SMILES string of the molecule is COc1cccc(C(=O)N(CC(=O)N2CC(=O)N(c3cccc(Cl)c3C)C2)Cc2ccco2)c1. The Kier molecular flexibility index (Phi) is 6.88. The molecule has 0 saturated carbocycles. The van der Waals surface area contributed by atoms with E-state index in [1.54, 1.807) is 54.6 Å². The van der Waals surface area contributed by atoms with Gasteiger partial charge >= 0.3 is 0 Å². The van der Waals surface area contributed by atoms with E-state index in [2.05, 4.69) is 0 Å². The number of carbonyl (C=O) groups is 3. The van der Waals surface area contributed by atoms with Crippen molar-refractivity contribution in [2.24, 2.45) is 0 Å². The third-order valence-corrected chi connectivity index (χ3v) is 6.09. The van der Waals surface area contributed by atoms with Crippen LogP contribution in [-0.4, -0.2) is 54.4 Å². The van der Waals surface area contributed by atoms with E-state index >= 15 is 0 Å². The summed E-state index contributed by atoms with van der Waals surface area (Å²) in [5.74, 6) is 0.163. The number of nitrogens with zero attached hydrogens (tertiary/aromatic N) is 3. The number of carbonyl (C=O) groups excluding carboxylic acids is 3. The van der Waals surface area contributed by atoms with Crippen molar-refractivity contribution in [1.29, 1.82) is 0 Å². The highest BCUT2D eigenvalue weighted by Gasteiger charge is 2.34. The van der Waals surface area contributed by atoms with Gasteiger partial charge in [0.15, 0.2) is 0 Å². The Morgan fingerprint density at radius 3 is 2.68 bits per heavy atom. The molecule has 0 aliphatic carbocycles. The summed E-state index contributed by atoms with van der Waals surface area (Å²) in [5.41, 5.74) is 1.81. The van der Waals surface area contributed by atoms with Gasteiger partial charge in [0.1, 0.15) is 31.3 Å². The molecule has 8 nitrogen and oxygen atoms in total. The van der Waals surface area contributed by atoms with Gasteiger partial charge in [-0.05, 0) is 55.0 Å². The van der Waals surface area contributed by atoms with E-state index in [9.17, 15) is 14.4 Å². The summed E-state index contributed by atoms with van der Waals surface area (Å²) in [4.78, 5) is 43.5. The summed E-state index contributed by atoms with van der Waals surface area (Å²) in [7, 11) is 1.52. The summed E-state index contributed by atoms with van der Waals surface area (Å²) < 4.78 is 10.6. The fourth-order valence-corrected chi connectivity index (χ4v) is 3.98. The second-order valence-electron chi connectivity index (χ2n) is 7.91. The predicted octanol–water partition coefficient (Wildman–Crippen LogP) is 3.73. The molecule has 3 amide bonds. The molecule has 1 aliphatic rings. The number of rotatable bonds is 7. The van der Waals surface area contributed by atoms with Crippen molar-refractivity contribution in [2.45, 2.75) is 13.5 Å². The van der Waals surface area contributed by atoms with E-state index in [-0.39, 0.29) is 44.0 Å². The summed E-state index contributed by atoms with van der Waals surface area (Å²) >= 11 is 6.21. The molecule has 0 atom stereocenters. The number of ether oxygens (including phenoxy) is 1. The first kappa shape index (κ1) is 23.4. The highest BCUT2D eigenvalue weighted by molar-refractivity contribution is 6.31. The van der Waals surface area contributed by atoms with Crippen molar-refractivity contribution in [3.05, 3.63) is 82.8 Å². The lowest BCUT2D eigenvalue weighted by Crippen LogP contribution is -2.42.